The van der Waals surface area contributed by atoms with E-state index in [1.165, 1.54) is 0 Å². The van der Waals surface area contributed by atoms with Gasteiger partial charge in [-0.25, -0.2) is 4.39 Å². The van der Waals surface area contributed by atoms with Gasteiger partial charge in [0.1, 0.15) is 5.82 Å². The maximum Gasteiger partial charge on any atom is 0.237 e. The van der Waals surface area contributed by atoms with Crippen LogP contribution in [-0.2, 0) is 11.2 Å². The van der Waals surface area contributed by atoms with Crippen molar-refractivity contribution in [1.82, 2.24) is 10.2 Å². The van der Waals surface area contributed by atoms with E-state index in [9.17, 15) is 9.18 Å². The second-order valence-electron chi connectivity index (χ2n) is 4.41. The van der Waals surface area contributed by atoms with Crippen LogP contribution in [0.5, 0.6) is 0 Å². The summed E-state index contributed by atoms with van der Waals surface area (Å²) in [6, 6.07) is 3.62. The first-order chi connectivity index (χ1) is 8.18. The van der Waals surface area contributed by atoms with E-state index in [2.05, 4.69) is 21.2 Å². The van der Waals surface area contributed by atoms with Crippen molar-refractivity contribution in [1.29, 1.82) is 0 Å². The first-order valence-electron chi connectivity index (χ1n) is 5.65. The summed E-state index contributed by atoms with van der Waals surface area (Å²) in [6.07, 6.45) is 0.600. The van der Waals surface area contributed by atoms with Crippen molar-refractivity contribution in [2.24, 2.45) is 0 Å². The summed E-state index contributed by atoms with van der Waals surface area (Å²) in [4.78, 5) is 13.6. The lowest BCUT2D eigenvalue weighted by Crippen LogP contribution is -2.52. The van der Waals surface area contributed by atoms with Gasteiger partial charge in [-0.05, 0) is 39.5 Å². The first-order valence-corrected chi connectivity index (χ1v) is 6.44. The van der Waals surface area contributed by atoms with Crippen LogP contribution in [0.25, 0.3) is 0 Å². The van der Waals surface area contributed by atoms with Crippen molar-refractivity contribution in [3.05, 3.63) is 33.5 Å². The maximum atomic E-state index is 14.0. The van der Waals surface area contributed by atoms with Crippen LogP contribution in [0.4, 0.5) is 4.39 Å². The minimum absolute atomic E-state index is 0.0115. The third kappa shape index (κ3) is 1.68. The average Bonchev–Trinajstić information content (AvgIpc) is 2.34. The predicted molar refractivity (Wildman–Crippen MR) is 65.1 cm³/mol. The lowest BCUT2D eigenvalue weighted by molar-refractivity contribution is -0.135. The van der Waals surface area contributed by atoms with E-state index in [4.69, 9.17) is 0 Å². The van der Waals surface area contributed by atoms with Gasteiger partial charge in [-0.1, -0.05) is 6.07 Å². The van der Waals surface area contributed by atoms with Gasteiger partial charge >= 0.3 is 0 Å². The molecule has 1 N–H and O–H groups in total. The van der Waals surface area contributed by atoms with Crippen LogP contribution in [0.2, 0.25) is 0 Å². The summed E-state index contributed by atoms with van der Waals surface area (Å²) in [6.45, 7) is 1.72. The van der Waals surface area contributed by atoms with E-state index in [1.807, 2.05) is 11.0 Å². The number of hydrogen-bond acceptors (Lipinski definition) is 2. The van der Waals surface area contributed by atoms with E-state index in [1.54, 1.807) is 6.07 Å². The number of nitrogens with one attached hydrogen (secondary N) is 1. The highest BCUT2D eigenvalue weighted by molar-refractivity contribution is 9.10. The van der Waals surface area contributed by atoms with Gasteiger partial charge in [0.15, 0.2) is 0 Å². The molecule has 2 heterocycles. The Labute approximate surface area is 107 Å². The smallest absolute Gasteiger partial charge is 0.237 e. The Morgan fingerprint density at radius 3 is 3.12 bits per heavy atom. The highest BCUT2D eigenvalue weighted by Gasteiger charge is 2.34. The van der Waals surface area contributed by atoms with Crippen molar-refractivity contribution in [3.63, 3.8) is 0 Å². The summed E-state index contributed by atoms with van der Waals surface area (Å²) in [7, 11) is 0. The van der Waals surface area contributed by atoms with Gasteiger partial charge in [-0.2, -0.15) is 0 Å². The lowest BCUT2D eigenvalue weighted by Gasteiger charge is -2.40. The molecular formula is C12H12BrFN2O. The number of rotatable bonds is 0. The van der Waals surface area contributed by atoms with Crippen LogP contribution in [-0.4, -0.2) is 30.4 Å². The molecule has 5 heteroatoms. The van der Waals surface area contributed by atoms with Crippen molar-refractivity contribution in [3.8, 4) is 0 Å². The SMILES string of the molecule is O=C1CNCC2c3ccc(Br)c(F)c3CCN12. The molecular weight excluding hydrogens is 287 g/mol. The Morgan fingerprint density at radius 2 is 2.29 bits per heavy atom. The topological polar surface area (TPSA) is 32.3 Å². The lowest BCUT2D eigenvalue weighted by atomic mass is 9.91. The predicted octanol–water partition coefficient (Wildman–Crippen LogP) is 1.62. The second-order valence-corrected chi connectivity index (χ2v) is 5.27. The van der Waals surface area contributed by atoms with Gasteiger partial charge in [-0.15, -0.1) is 0 Å². The Morgan fingerprint density at radius 1 is 1.47 bits per heavy atom. The van der Waals surface area contributed by atoms with Crippen LogP contribution in [0, 0.1) is 5.82 Å². The fraction of sp³-hybridized carbons (Fsp3) is 0.417. The molecule has 1 unspecified atom stereocenters. The molecule has 3 nitrogen and oxygen atoms in total. The summed E-state index contributed by atoms with van der Waals surface area (Å²) in [5, 5.41) is 3.08. The van der Waals surface area contributed by atoms with Crippen molar-refractivity contribution >= 4 is 21.8 Å². The molecule has 1 amide bonds. The number of piperazine rings is 1. The summed E-state index contributed by atoms with van der Waals surface area (Å²) in [5.41, 5.74) is 1.69. The zero-order valence-corrected chi connectivity index (χ0v) is 10.8. The molecule has 1 aromatic rings. The fourth-order valence-electron chi connectivity index (χ4n) is 2.67. The molecule has 17 heavy (non-hydrogen) atoms. The summed E-state index contributed by atoms with van der Waals surface area (Å²) < 4.78 is 14.5. The third-order valence-electron chi connectivity index (χ3n) is 3.50. The van der Waals surface area contributed by atoms with E-state index < -0.39 is 0 Å². The van der Waals surface area contributed by atoms with Gasteiger partial charge in [0.05, 0.1) is 17.1 Å². The van der Waals surface area contributed by atoms with E-state index in [0.29, 0.717) is 30.5 Å². The second kappa shape index (κ2) is 4.07. The minimum atomic E-state index is -0.180. The largest absolute Gasteiger partial charge is 0.333 e. The molecule has 0 radical (unpaired) electrons. The first kappa shape index (κ1) is 11.2. The highest BCUT2D eigenvalue weighted by Crippen LogP contribution is 2.34. The molecule has 1 atom stereocenters. The molecule has 1 aromatic carbocycles. The van der Waals surface area contributed by atoms with Gasteiger partial charge < -0.3 is 10.2 Å². The standard InChI is InChI=1S/C12H12BrFN2O/c13-9-2-1-7-8(12(9)14)3-4-16-10(7)5-15-6-11(16)17/h1-2,10,15H,3-6H2. The molecule has 0 saturated carbocycles. The number of hydrogen-bond donors (Lipinski definition) is 1. The molecule has 2 aliphatic rings. The molecule has 0 bridgehead atoms. The quantitative estimate of drug-likeness (QED) is 0.789. The number of carbonyl (C=O) groups is 1. The number of nitrogens with zero attached hydrogens (tertiary/aromatic N) is 1. The van der Waals surface area contributed by atoms with E-state index in [0.717, 1.165) is 11.1 Å². The van der Waals surface area contributed by atoms with Crippen LogP contribution in [0.15, 0.2) is 16.6 Å². The number of amides is 1. The number of benzene rings is 1. The van der Waals surface area contributed by atoms with E-state index in [-0.39, 0.29) is 17.8 Å². The molecule has 0 aliphatic carbocycles. The Balaban J connectivity index is 2.07. The van der Waals surface area contributed by atoms with Crippen molar-refractivity contribution in [2.45, 2.75) is 12.5 Å². The van der Waals surface area contributed by atoms with Gasteiger partial charge in [0, 0.05) is 13.1 Å². The average molecular weight is 299 g/mol. The Bertz CT molecular complexity index is 492. The number of halogens is 2. The Kier molecular flexibility index (Phi) is 2.67. The molecule has 2 aliphatic heterocycles. The van der Waals surface area contributed by atoms with Gasteiger partial charge in [-0.3, -0.25) is 4.79 Å². The van der Waals surface area contributed by atoms with Crippen molar-refractivity contribution in [2.75, 3.05) is 19.6 Å². The molecule has 3 rings (SSSR count). The van der Waals surface area contributed by atoms with Gasteiger partial charge in [0.25, 0.3) is 0 Å². The zero-order valence-electron chi connectivity index (χ0n) is 9.17. The van der Waals surface area contributed by atoms with Crippen molar-refractivity contribution < 1.29 is 9.18 Å². The number of fused-ring (bicyclic) bond motifs is 3. The van der Waals surface area contributed by atoms with E-state index >= 15 is 0 Å². The third-order valence-corrected chi connectivity index (χ3v) is 4.12. The zero-order chi connectivity index (χ0) is 12.0. The molecule has 0 aromatic heterocycles. The molecule has 90 valence electrons. The molecule has 0 spiro atoms. The number of carbonyl (C=O) groups excluding carboxylic acids is 1. The summed E-state index contributed by atoms with van der Waals surface area (Å²) in [5.74, 6) is -0.0737. The van der Waals surface area contributed by atoms with Crippen LogP contribution >= 0.6 is 15.9 Å². The fourth-order valence-corrected chi connectivity index (χ4v) is 3.04. The monoisotopic (exact) mass is 298 g/mol. The minimum Gasteiger partial charge on any atom is -0.333 e. The molecule has 1 saturated heterocycles. The maximum absolute atomic E-state index is 14.0. The van der Waals surface area contributed by atoms with Gasteiger partial charge in [0.2, 0.25) is 5.91 Å². The summed E-state index contributed by atoms with van der Waals surface area (Å²) >= 11 is 3.20. The van der Waals surface area contributed by atoms with Crippen LogP contribution < -0.4 is 5.32 Å². The van der Waals surface area contributed by atoms with Crippen LogP contribution in [0.3, 0.4) is 0 Å². The normalized spacial score (nSPS) is 23.3. The van der Waals surface area contributed by atoms with Crippen LogP contribution in [0.1, 0.15) is 17.2 Å². The highest BCUT2D eigenvalue weighted by atomic mass is 79.9. The molecule has 1 fully saturated rings. The Hall–Kier alpha value is -0.940.